The molecule has 0 fully saturated rings. The number of hydrogen-bond donors (Lipinski definition) is 2. The van der Waals surface area contributed by atoms with Crippen LogP contribution in [0.1, 0.15) is 22.8 Å². The van der Waals surface area contributed by atoms with E-state index in [1.807, 2.05) is 18.2 Å². The molecule has 0 aromatic heterocycles. The van der Waals surface area contributed by atoms with E-state index in [4.69, 9.17) is 0 Å². The monoisotopic (exact) mass is 214 g/mol. The van der Waals surface area contributed by atoms with E-state index in [2.05, 4.69) is 22.5 Å². The number of anilines is 1. The third kappa shape index (κ3) is 2.17. The number of nitrogens with one attached hydrogen (secondary N) is 2. The van der Waals surface area contributed by atoms with E-state index in [0.717, 1.165) is 18.7 Å². The van der Waals surface area contributed by atoms with Crippen molar-refractivity contribution in [1.82, 2.24) is 5.32 Å². The summed E-state index contributed by atoms with van der Waals surface area (Å²) in [5, 5.41) is 6.02. The summed E-state index contributed by atoms with van der Waals surface area (Å²) < 4.78 is 0. The summed E-state index contributed by atoms with van der Waals surface area (Å²) in [5.41, 5.74) is 3.07. The maximum absolute atomic E-state index is 11.7. The summed E-state index contributed by atoms with van der Waals surface area (Å²) in [6.45, 7) is 3.12. The summed E-state index contributed by atoms with van der Waals surface area (Å²) >= 11 is 0. The lowest BCUT2D eigenvalue weighted by atomic mass is 10.1. The van der Waals surface area contributed by atoms with Gasteiger partial charge >= 0.3 is 0 Å². The second-order valence-corrected chi connectivity index (χ2v) is 3.66. The van der Waals surface area contributed by atoms with E-state index < -0.39 is 0 Å². The first kappa shape index (κ1) is 10.6. The third-order valence-electron chi connectivity index (χ3n) is 2.59. The lowest BCUT2D eigenvalue weighted by Gasteiger charge is -2.04. The smallest absolute Gasteiger partial charge is 0.252 e. The van der Waals surface area contributed by atoms with Crippen molar-refractivity contribution in [2.45, 2.75) is 13.3 Å². The van der Waals surface area contributed by atoms with Gasteiger partial charge in [-0.15, -0.1) is 5.92 Å². The number of benzene rings is 1. The molecule has 0 bridgehead atoms. The zero-order chi connectivity index (χ0) is 11.4. The van der Waals surface area contributed by atoms with Crippen molar-refractivity contribution >= 4 is 11.6 Å². The zero-order valence-corrected chi connectivity index (χ0v) is 9.26. The molecule has 1 aliphatic heterocycles. The predicted molar refractivity (Wildman–Crippen MR) is 64.4 cm³/mol. The fraction of sp³-hybridized carbons (Fsp3) is 0.308. The third-order valence-corrected chi connectivity index (χ3v) is 2.59. The molecule has 0 aliphatic carbocycles. The van der Waals surface area contributed by atoms with Gasteiger partial charge in [0, 0.05) is 17.8 Å². The Morgan fingerprint density at radius 2 is 2.44 bits per heavy atom. The Bertz CT molecular complexity index is 469. The summed E-state index contributed by atoms with van der Waals surface area (Å²) in [7, 11) is 0. The van der Waals surface area contributed by atoms with Crippen molar-refractivity contribution in [3.05, 3.63) is 29.3 Å². The molecular weight excluding hydrogens is 200 g/mol. The molecule has 0 saturated heterocycles. The molecule has 2 rings (SSSR count). The van der Waals surface area contributed by atoms with Crippen LogP contribution < -0.4 is 10.6 Å². The standard InChI is InChI=1S/C13H14N2O/c1-2-3-7-15-13(16)11-4-5-12-10(9-11)6-8-14-12/h4-5,9,14H,6-8H2,1H3,(H,15,16). The van der Waals surface area contributed by atoms with Crippen molar-refractivity contribution < 1.29 is 4.79 Å². The summed E-state index contributed by atoms with van der Waals surface area (Å²) in [6, 6.07) is 5.75. The van der Waals surface area contributed by atoms with Crippen molar-refractivity contribution in [3.8, 4) is 11.8 Å². The molecule has 0 unspecified atom stereocenters. The number of hydrogen-bond acceptors (Lipinski definition) is 2. The molecule has 0 spiro atoms. The number of fused-ring (bicyclic) bond motifs is 1. The highest BCUT2D eigenvalue weighted by Gasteiger charge is 2.12. The Labute approximate surface area is 95.2 Å². The fourth-order valence-electron chi connectivity index (χ4n) is 1.76. The van der Waals surface area contributed by atoms with Crippen molar-refractivity contribution in [2.24, 2.45) is 0 Å². The molecule has 1 aliphatic rings. The molecule has 0 radical (unpaired) electrons. The van der Waals surface area contributed by atoms with Crippen molar-refractivity contribution in [1.29, 1.82) is 0 Å². The first-order valence-corrected chi connectivity index (χ1v) is 5.36. The molecule has 2 N–H and O–H groups in total. The number of amides is 1. The second kappa shape index (κ2) is 4.71. The van der Waals surface area contributed by atoms with Crippen LogP contribution >= 0.6 is 0 Å². The minimum absolute atomic E-state index is 0.0579. The number of carbonyl (C=O) groups is 1. The Kier molecular flexibility index (Phi) is 3.11. The van der Waals surface area contributed by atoms with Gasteiger partial charge in [0.05, 0.1) is 6.54 Å². The molecule has 3 heteroatoms. The van der Waals surface area contributed by atoms with Gasteiger partial charge in [-0.25, -0.2) is 0 Å². The van der Waals surface area contributed by atoms with Gasteiger partial charge < -0.3 is 10.6 Å². The second-order valence-electron chi connectivity index (χ2n) is 3.66. The molecule has 82 valence electrons. The van der Waals surface area contributed by atoms with Crippen LogP contribution in [0, 0.1) is 11.8 Å². The van der Waals surface area contributed by atoms with E-state index >= 15 is 0 Å². The van der Waals surface area contributed by atoms with Gasteiger partial charge in [0.25, 0.3) is 5.91 Å². The van der Waals surface area contributed by atoms with E-state index in [1.54, 1.807) is 6.92 Å². The van der Waals surface area contributed by atoms with E-state index in [-0.39, 0.29) is 5.91 Å². The lowest BCUT2D eigenvalue weighted by Crippen LogP contribution is -2.23. The van der Waals surface area contributed by atoms with Crippen molar-refractivity contribution in [2.75, 3.05) is 18.4 Å². The Morgan fingerprint density at radius 3 is 3.25 bits per heavy atom. The Morgan fingerprint density at radius 1 is 1.56 bits per heavy atom. The molecule has 1 amide bonds. The molecule has 1 aromatic carbocycles. The van der Waals surface area contributed by atoms with Crippen molar-refractivity contribution in [3.63, 3.8) is 0 Å². The lowest BCUT2D eigenvalue weighted by molar-refractivity contribution is 0.0958. The fourth-order valence-corrected chi connectivity index (χ4v) is 1.76. The Hall–Kier alpha value is -1.95. The molecule has 1 aromatic rings. The highest BCUT2D eigenvalue weighted by Crippen LogP contribution is 2.22. The molecule has 0 saturated carbocycles. The summed E-state index contributed by atoms with van der Waals surface area (Å²) in [4.78, 5) is 11.7. The minimum Gasteiger partial charge on any atom is -0.384 e. The predicted octanol–water partition coefficient (Wildman–Crippen LogP) is 1.41. The molecule has 16 heavy (non-hydrogen) atoms. The average molecular weight is 214 g/mol. The van der Waals surface area contributed by atoms with Gasteiger partial charge in [0.15, 0.2) is 0 Å². The van der Waals surface area contributed by atoms with Crippen LogP contribution in [0.5, 0.6) is 0 Å². The van der Waals surface area contributed by atoms with Gasteiger partial charge in [-0.05, 0) is 37.1 Å². The molecule has 3 nitrogen and oxygen atoms in total. The van der Waals surface area contributed by atoms with Crippen LogP contribution in [0.4, 0.5) is 5.69 Å². The Balaban J connectivity index is 2.08. The van der Waals surface area contributed by atoms with Gasteiger partial charge in [0.2, 0.25) is 0 Å². The summed E-state index contributed by atoms with van der Waals surface area (Å²) in [5.74, 6) is 5.49. The maximum atomic E-state index is 11.7. The van der Waals surface area contributed by atoms with Crippen LogP contribution in [-0.2, 0) is 6.42 Å². The minimum atomic E-state index is -0.0579. The normalized spacial score (nSPS) is 12.1. The SMILES string of the molecule is CC#CCNC(=O)c1ccc2c(c1)CCN2. The largest absolute Gasteiger partial charge is 0.384 e. The van der Waals surface area contributed by atoms with E-state index in [0.29, 0.717) is 12.1 Å². The molecule has 1 heterocycles. The zero-order valence-electron chi connectivity index (χ0n) is 9.26. The first-order valence-electron chi connectivity index (χ1n) is 5.36. The molecule has 0 atom stereocenters. The topological polar surface area (TPSA) is 41.1 Å². The van der Waals surface area contributed by atoms with Gasteiger partial charge in [-0.1, -0.05) is 5.92 Å². The van der Waals surface area contributed by atoms with Gasteiger partial charge in [-0.3, -0.25) is 4.79 Å². The highest BCUT2D eigenvalue weighted by molar-refractivity contribution is 5.95. The van der Waals surface area contributed by atoms with Crippen LogP contribution in [-0.4, -0.2) is 19.0 Å². The quantitative estimate of drug-likeness (QED) is 0.731. The molecular formula is C13H14N2O. The summed E-state index contributed by atoms with van der Waals surface area (Å²) in [6.07, 6.45) is 0.991. The number of carbonyl (C=O) groups excluding carboxylic acids is 1. The van der Waals surface area contributed by atoms with Crippen LogP contribution in [0.15, 0.2) is 18.2 Å². The average Bonchev–Trinajstić information content (AvgIpc) is 2.76. The van der Waals surface area contributed by atoms with Gasteiger partial charge in [0.1, 0.15) is 0 Å². The van der Waals surface area contributed by atoms with Crippen LogP contribution in [0.2, 0.25) is 0 Å². The first-order chi connectivity index (χ1) is 7.81. The van der Waals surface area contributed by atoms with E-state index in [1.165, 1.54) is 5.56 Å². The van der Waals surface area contributed by atoms with Crippen LogP contribution in [0.3, 0.4) is 0 Å². The maximum Gasteiger partial charge on any atom is 0.252 e. The highest BCUT2D eigenvalue weighted by atomic mass is 16.1. The van der Waals surface area contributed by atoms with Gasteiger partial charge in [-0.2, -0.15) is 0 Å². The van der Waals surface area contributed by atoms with E-state index in [9.17, 15) is 4.79 Å². The number of rotatable bonds is 2. The van der Waals surface area contributed by atoms with Crippen LogP contribution in [0.25, 0.3) is 0 Å².